The van der Waals surface area contributed by atoms with Gasteiger partial charge in [-0.2, -0.15) is 0 Å². The Bertz CT molecular complexity index is 951. The van der Waals surface area contributed by atoms with Crippen molar-refractivity contribution >= 4 is 33.4 Å². The van der Waals surface area contributed by atoms with Crippen molar-refractivity contribution in [3.63, 3.8) is 0 Å². The molecule has 0 heterocycles. The van der Waals surface area contributed by atoms with Crippen molar-refractivity contribution in [2.75, 3.05) is 0 Å². The van der Waals surface area contributed by atoms with Gasteiger partial charge < -0.3 is 10.4 Å². The molecule has 4 heteroatoms. The molecule has 1 aliphatic carbocycles. The van der Waals surface area contributed by atoms with Crippen LogP contribution in [0.3, 0.4) is 0 Å². The molecule has 1 saturated carbocycles. The minimum absolute atomic E-state index is 0.00133. The Labute approximate surface area is 158 Å². The lowest BCUT2D eigenvalue weighted by Crippen LogP contribution is -2.46. The molecule has 0 bridgehead atoms. The first-order chi connectivity index (χ1) is 13.1. The minimum Gasteiger partial charge on any atom is -0.480 e. The zero-order valence-corrected chi connectivity index (χ0v) is 15.2. The van der Waals surface area contributed by atoms with Gasteiger partial charge in [0.05, 0.1) is 5.56 Å². The molecule has 0 aliphatic heterocycles. The molecule has 1 atom stereocenters. The van der Waals surface area contributed by atoms with E-state index in [0.29, 0.717) is 5.56 Å². The third-order valence-corrected chi connectivity index (χ3v) is 5.67. The molecule has 2 N–H and O–H groups in total. The average molecular weight is 361 g/mol. The first-order valence-electron chi connectivity index (χ1n) is 9.59. The highest BCUT2D eigenvalue weighted by Gasteiger charge is 2.31. The summed E-state index contributed by atoms with van der Waals surface area (Å²) >= 11 is 0. The number of rotatable bonds is 4. The zero-order chi connectivity index (χ0) is 18.8. The van der Waals surface area contributed by atoms with Crippen LogP contribution in [0.2, 0.25) is 0 Å². The van der Waals surface area contributed by atoms with Gasteiger partial charge in [-0.15, -0.1) is 0 Å². The van der Waals surface area contributed by atoms with Gasteiger partial charge in [0, 0.05) is 0 Å². The fraction of sp³-hybridized carbons (Fsp3) is 0.304. The van der Waals surface area contributed by atoms with Crippen LogP contribution in [0.5, 0.6) is 0 Å². The monoisotopic (exact) mass is 361 g/mol. The third kappa shape index (κ3) is 3.39. The van der Waals surface area contributed by atoms with E-state index in [-0.39, 0.29) is 11.8 Å². The van der Waals surface area contributed by atoms with Gasteiger partial charge in [-0.05, 0) is 46.4 Å². The normalized spacial score (nSPS) is 16.3. The minimum atomic E-state index is -0.945. The molecule has 0 unspecified atom stereocenters. The van der Waals surface area contributed by atoms with Gasteiger partial charge in [0.1, 0.15) is 6.04 Å². The van der Waals surface area contributed by atoms with Gasteiger partial charge in [-0.1, -0.05) is 67.8 Å². The van der Waals surface area contributed by atoms with E-state index in [1.54, 1.807) is 0 Å². The Morgan fingerprint density at radius 1 is 0.889 bits per heavy atom. The van der Waals surface area contributed by atoms with Crippen LogP contribution in [-0.4, -0.2) is 23.0 Å². The van der Waals surface area contributed by atoms with Crippen molar-refractivity contribution in [3.05, 3.63) is 60.2 Å². The van der Waals surface area contributed by atoms with E-state index in [0.717, 1.165) is 53.6 Å². The van der Waals surface area contributed by atoms with Crippen LogP contribution in [0.1, 0.15) is 42.5 Å². The number of benzene rings is 3. The SMILES string of the molecule is O=C(N[C@@H](C(=O)O)C1CCCCC1)c1c2ccccc2cc2ccccc12. The lowest BCUT2D eigenvalue weighted by molar-refractivity contribution is -0.141. The lowest BCUT2D eigenvalue weighted by atomic mass is 9.83. The lowest BCUT2D eigenvalue weighted by Gasteiger charge is -2.28. The van der Waals surface area contributed by atoms with E-state index in [1.165, 1.54) is 0 Å². The number of fused-ring (bicyclic) bond motifs is 2. The van der Waals surface area contributed by atoms with E-state index in [1.807, 2.05) is 48.5 Å². The second-order valence-electron chi connectivity index (χ2n) is 7.38. The molecule has 27 heavy (non-hydrogen) atoms. The molecule has 1 aliphatic rings. The third-order valence-electron chi connectivity index (χ3n) is 5.67. The summed E-state index contributed by atoms with van der Waals surface area (Å²) < 4.78 is 0. The Morgan fingerprint density at radius 2 is 1.44 bits per heavy atom. The van der Waals surface area contributed by atoms with E-state index >= 15 is 0 Å². The summed E-state index contributed by atoms with van der Waals surface area (Å²) in [6.45, 7) is 0. The van der Waals surface area contributed by atoms with E-state index in [2.05, 4.69) is 11.4 Å². The van der Waals surface area contributed by atoms with Crippen LogP contribution < -0.4 is 5.32 Å². The van der Waals surface area contributed by atoms with Crippen LogP contribution in [-0.2, 0) is 4.79 Å². The molecule has 1 amide bonds. The summed E-state index contributed by atoms with van der Waals surface area (Å²) in [7, 11) is 0. The molecule has 138 valence electrons. The van der Waals surface area contributed by atoms with Crippen molar-refractivity contribution < 1.29 is 14.7 Å². The Morgan fingerprint density at radius 3 is 2.00 bits per heavy atom. The molecular weight excluding hydrogens is 338 g/mol. The molecule has 0 radical (unpaired) electrons. The Kier molecular flexibility index (Phi) is 4.80. The molecule has 0 spiro atoms. The smallest absolute Gasteiger partial charge is 0.326 e. The second-order valence-corrected chi connectivity index (χ2v) is 7.38. The number of carbonyl (C=O) groups excluding carboxylic acids is 1. The highest BCUT2D eigenvalue weighted by atomic mass is 16.4. The fourth-order valence-corrected chi connectivity index (χ4v) is 4.32. The van der Waals surface area contributed by atoms with Crippen LogP contribution in [0, 0.1) is 5.92 Å². The highest BCUT2D eigenvalue weighted by Crippen LogP contribution is 2.30. The maximum atomic E-state index is 13.3. The number of amides is 1. The van der Waals surface area contributed by atoms with Gasteiger partial charge in [-0.25, -0.2) is 4.79 Å². The van der Waals surface area contributed by atoms with Crippen molar-refractivity contribution in [2.45, 2.75) is 38.1 Å². The van der Waals surface area contributed by atoms with Crippen molar-refractivity contribution in [1.29, 1.82) is 0 Å². The van der Waals surface area contributed by atoms with Crippen LogP contribution >= 0.6 is 0 Å². The summed E-state index contributed by atoms with van der Waals surface area (Å²) in [6.07, 6.45) is 4.91. The van der Waals surface area contributed by atoms with Crippen molar-refractivity contribution in [1.82, 2.24) is 5.32 Å². The number of nitrogens with one attached hydrogen (secondary N) is 1. The van der Waals surface area contributed by atoms with Crippen LogP contribution in [0.15, 0.2) is 54.6 Å². The van der Waals surface area contributed by atoms with Gasteiger partial charge in [-0.3, -0.25) is 4.79 Å². The molecule has 1 fully saturated rings. The maximum absolute atomic E-state index is 13.3. The number of hydrogen-bond donors (Lipinski definition) is 2. The quantitative estimate of drug-likeness (QED) is 0.659. The Balaban J connectivity index is 1.77. The average Bonchev–Trinajstić information content (AvgIpc) is 2.70. The molecule has 3 aromatic carbocycles. The number of hydrogen-bond acceptors (Lipinski definition) is 2. The number of carboxylic acid groups (broad SMARTS) is 1. The van der Waals surface area contributed by atoms with Gasteiger partial charge in [0.25, 0.3) is 5.91 Å². The highest BCUT2D eigenvalue weighted by molar-refractivity contribution is 6.18. The van der Waals surface area contributed by atoms with Crippen molar-refractivity contribution in [3.8, 4) is 0 Å². The van der Waals surface area contributed by atoms with Gasteiger partial charge in [0.15, 0.2) is 0 Å². The van der Waals surface area contributed by atoms with Gasteiger partial charge >= 0.3 is 5.97 Å². The van der Waals surface area contributed by atoms with Crippen LogP contribution in [0.4, 0.5) is 0 Å². The summed E-state index contributed by atoms with van der Waals surface area (Å²) in [5.41, 5.74) is 0.561. The summed E-state index contributed by atoms with van der Waals surface area (Å²) in [5.74, 6) is -1.25. The maximum Gasteiger partial charge on any atom is 0.326 e. The van der Waals surface area contributed by atoms with E-state index < -0.39 is 12.0 Å². The van der Waals surface area contributed by atoms with E-state index in [9.17, 15) is 14.7 Å². The first-order valence-corrected chi connectivity index (χ1v) is 9.59. The Hall–Kier alpha value is -2.88. The fourth-order valence-electron chi connectivity index (χ4n) is 4.32. The predicted octanol–water partition coefficient (Wildman–Crippen LogP) is 4.76. The summed E-state index contributed by atoms with van der Waals surface area (Å²) in [5, 5.41) is 16.2. The molecule has 4 rings (SSSR count). The number of carboxylic acids is 1. The summed E-state index contributed by atoms with van der Waals surface area (Å²) in [6, 6.07) is 16.7. The molecule has 4 nitrogen and oxygen atoms in total. The standard InChI is InChI=1S/C23H23NO3/c25-22(24-21(23(26)27)15-8-2-1-3-9-15)20-18-12-6-4-10-16(18)14-17-11-5-7-13-19(17)20/h4-7,10-15,21H,1-3,8-9H2,(H,24,25)(H,26,27)/t21-/m1/s1. The van der Waals surface area contributed by atoms with Gasteiger partial charge in [0.2, 0.25) is 0 Å². The largest absolute Gasteiger partial charge is 0.480 e. The number of aliphatic carboxylic acids is 1. The molecule has 0 saturated heterocycles. The first kappa shape index (κ1) is 17.5. The molecule has 0 aromatic heterocycles. The molecule has 3 aromatic rings. The second kappa shape index (κ2) is 7.39. The zero-order valence-electron chi connectivity index (χ0n) is 15.2. The van der Waals surface area contributed by atoms with E-state index in [4.69, 9.17) is 0 Å². The summed E-state index contributed by atoms with van der Waals surface area (Å²) in [4.78, 5) is 25.1. The topological polar surface area (TPSA) is 66.4 Å². The number of carbonyl (C=O) groups is 2. The predicted molar refractivity (Wildman–Crippen MR) is 107 cm³/mol. The molecular formula is C23H23NO3. The van der Waals surface area contributed by atoms with Crippen LogP contribution in [0.25, 0.3) is 21.5 Å². The van der Waals surface area contributed by atoms with Crippen molar-refractivity contribution in [2.24, 2.45) is 5.92 Å².